The van der Waals surface area contributed by atoms with Crippen molar-refractivity contribution >= 4 is 5.69 Å². The van der Waals surface area contributed by atoms with E-state index in [2.05, 4.69) is 16.3 Å². The Bertz CT molecular complexity index is 1170. The van der Waals surface area contributed by atoms with E-state index >= 15 is 0 Å². The molecule has 1 aliphatic rings. The molecule has 3 N–H and O–H groups in total. The van der Waals surface area contributed by atoms with Crippen LogP contribution in [-0.2, 0) is 6.61 Å². The summed E-state index contributed by atoms with van der Waals surface area (Å²) in [6.45, 7) is 1.78. The van der Waals surface area contributed by atoms with E-state index in [1.54, 1.807) is 31.2 Å². The van der Waals surface area contributed by atoms with Gasteiger partial charge in [0.2, 0.25) is 11.8 Å². The molecular formula is C19H15N5O5. The first-order valence-corrected chi connectivity index (χ1v) is 8.57. The molecule has 2 aromatic heterocycles. The van der Waals surface area contributed by atoms with Gasteiger partial charge in [0.05, 0.1) is 16.4 Å². The summed E-state index contributed by atoms with van der Waals surface area (Å²) in [7, 11) is 0. The Hall–Kier alpha value is -4.26. The lowest BCUT2D eigenvalue weighted by molar-refractivity contribution is -0.386. The SMILES string of the molecule is Cc1[nH]nc2c1[C@@H](c1ccc(COc3ccccc3[N+](=O)[O-])o1)C(C#N)=C(N)O2. The molecule has 10 nitrogen and oxygen atoms in total. The summed E-state index contributed by atoms with van der Waals surface area (Å²) in [6.07, 6.45) is 0. The number of nitrogens with zero attached hydrogens (tertiary/aromatic N) is 3. The number of para-hydroxylation sites is 2. The van der Waals surface area contributed by atoms with Gasteiger partial charge in [0.25, 0.3) is 0 Å². The molecular weight excluding hydrogens is 378 g/mol. The number of nitro groups is 1. The van der Waals surface area contributed by atoms with Crippen molar-refractivity contribution < 1.29 is 18.8 Å². The number of aromatic amines is 1. The minimum atomic E-state index is -0.581. The van der Waals surface area contributed by atoms with E-state index < -0.39 is 10.8 Å². The van der Waals surface area contributed by atoms with E-state index in [4.69, 9.17) is 19.6 Å². The van der Waals surface area contributed by atoms with Gasteiger partial charge in [0, 0.05) is 11.8 Å². The fourth-order valence-corrected chi connectivity index (χ4v) is 3.19. The van der Waals surface area contributed by atoms with Gasteiger partial charge in [0.15, 0.2) is 5.75 Å². The first-order valence-electron chi connectivity index (χ1n) is 8.57. The predicted molar refractivity (Wildman–Crippen MR) is 98.8 cm³/mol. The van der Waals surface area contributed by atoms with Crippen LogP contribution in [0.5, 0.6) is 11.6 Å². The smallest absolute Gasteiger partial charge is 0.310 e. The highest BCUT2D eigenvalue weighted by Crippen LogP contribution is 2.43. The van der Waals surface area contributed by atoms with Gasteiger partial charge in [-0.15, -0.1) is 5.10 Å². The Kier molecular flexibility index (Phi) is 4.40. The molecule has 1 aromatic carbocycles. The number of hydrogen-bond donors (Lipinski definition) is 2. The largest absolute Gasteiger partial charge is 0.479 e. The van der Waals surface area contributed by atoms with Gasteiger partial charge in [-0.05, 0) is 25.1 Å². The van der Waals surface area contributed by atoms with Crippen LogP contribution in [-0.4, -0.2) is 15.1 Å². The van der Waals surface area contributed by atoms with Crippen LogP contribution in [0.3, 0.4) is 0 Å². The number of nitriles is 1. The highest BCUT2D eigenvalue weighted by molar-refractivity contribution is 5.53. The normalized spacial score (nSPS) is 15.4. The highest BCUT2D eigenvalue weighted by atomic mass is 16.6. The van der Waals surface area contributed by atoms with Gasteiger partial charge in [-0.2, -0.15) is 5.26 Å². The Morgan fingerprint density at radius 2 is 2.17 bits per heavy atom. The lowest BCUT2D eigenvalue weighted by atomic mass is 9.88. The summed E-state index contributed by atoms with van der Waals surface area (Å²) in [4.78, 5) is 10.6. The second-order valence-electron chi connectivity index (χ2n) is 6.31. The van der Waals surface area contributed by atoms with Gasteiger partial charge >= 0.3 is 5.69 Å². The monoisotopic (exact) mass is 393 g/mol. The topological polar surface area (TPSA) is 153 Å². The molecule has 0 saturated carbocycles. The zero-order chi connectivity index (χ0) is 20.5. The van der Waals surface area contributed by atoms with E-state index in [0.717, 1.165) is 5.69 Å². The molecule has 4 rings (SSSR count). The van der Waals surface area contributed by atoms with Crippen molar-refractivity contribution in [1.82, 2.24) is 10.2 Å². The number of furan rings is 1. The van der Waals surface area contributed by atoms with Crippen molar-refractivity contribution in [2.75, 3.05) is 0 Å². The van der Waals surface area contributed by atoms with Crippen LogP contribution in [0.4, 0.5) is 5.69 Å². The molecule has 0 spiro atoms. The molecule has 10 heteroatoms. The standard InChI is InChI=1S/C19H15N5O5/c1-10-16-17(12(8-20)18(21)29-19(16)23-22-10)15-7-6-11(28-15)9-27-14-5-3-2-4-13(14)24(25)26/h2-7,17H,9,21H2,1H3,(H,22,23)/t17-/m1/s1. The third kappa shape index (κ3) is 3.14. The van der Waals surface area contributed by atoms with E-state index in [1.807, 2.05) is 0 Å². The number of aryl methyl sites for hydroxylation is 1. The summed E-state index contributed by atoms with van der Waals surface area (Å²) >= 11 is 0. The fourth-order valence-electron chi connectivity index (χ4n) is 3.19. The maximum atomic E-state index is 11.1. The molecule has 0 saturated heterocycles. The minimum Gasteiger partial charge on any atom is -0.479 e. The van der Waals surface area contributed by atoms with E-state index in [1.165, 1.54) is 12.1 Å². The van der Waals surface area contributed by atoms with E-state index in [-0.39, 0.29) is 35.4 Å². The van der Waals surface area contributed by atoms with Gasteiger partial charge in [-0.3, -0.25) is 15.2 Å². The first-order chi connectivity index (χ1) is 14.0. The number of ether oxygens (including phenoxy) is 2. The summed E-state index contributed by atoms with van der Waals surface area (Å²) in [5.74, 6) is 0.699. The molecule has 1 atom stereocenters. The Morgan fingerprint density at radius 1 is 1.38 bits per heavy atom. The van der Waals surface area contributed by atoms with Crippen LogP contribution >= 0.6 is 0 Å². The molecule has 0 radical (unpaired) electrons. The average molecular weight is 393 g/mol. The lowest BCUT2D eigenvalue weighted by Gasteiger charge is -2.21. The number of H-pyrrole nitrogens is 1. The molecule has 0 unspecified atom stereocenters. The number of benzene rings is 1. The number of rotatable bonds is 5. The number of allylic oxidation sites excluding steroid dienone is 1. The molecule has 3 aromatic rings. The maximum Gasteiger partial charge on any atom is 0.310 e. The fraction of sp³-hybridized carbons (Fsp3) is 0.158. The van der Waals surface area contributed by atoms with Crippen LogP contribution in [0, 0.1) is 28.4 Å². The molecule has 3 heterocycles. The van der Waals surface area contributed by atoms with Gasteiger partial charge < -0.3 is 19.6 Å². The average Bonchev–Trinajstić information content (AvgIpc) is 3.32. The number of nitrogens with two attached hydrogens (primary N) is 1. The van der Waals surface area contributed by atoms with Crippen LogP contribution in [0.25, 0.3) is 0 Å². The van der Waals surface area contributed by atoms with Crippen LogP contribution < -0.4 is 15.2 Å². The number of aromatic nitrogens is 2. The molecule has 0 aliphatic carbocycles. The molecule has 146 valence electrons. The molecule has 1 aliphatic heterocycles. The summed E-state index contributed by atoms with van der Waals surface area (Å²) in [6, 6.07) is 11.5. The summed E-state index contributed by atoms with van der Waals surface area (Å²) < 4.78 is 16.8. The number of fused-ring (bicyclic) bond motifs is 1. The van der Waals surface area contributed by atoms with Crippen molar-refractivity contribution in [3.63, 3.8) is 0 Å². The number of hydrogen-bond acceptors (Lipinski definition) is 8. The summed E-state index contributed by atoms with van der Waals surface area (Å²) in [5.41, 5.74) is 7.34. The predicted octanol–water partition coefficient (Wildman–Crippen LogP) is 3.02. The third-order valence-electron chi connectivity index (χ3n) is 4.53. The Balaban J connectivity index is 1.62. The molecule has 0 fully saturated rings. The van der Waals surface area contributed by atoms with Gasteiger partial charge in [-0.25, -0.2) is 0 Å². The lowest BCUT2D eigenvalue weighted by Crippen LogP contribution is -2.20. The zero-order valence-electron chi connectivity index (χ0n) is 15.2. The minimum absolute atomic E-state index is 0.0214. The van der Waals surface area contributed by atoms with Crippen LogP contribution in [0.2, 0.25) is 0 Å². The number of nitrogens with one attached hydrogen (secondary N) is 1. The van der Waals surface area contributed by atoms with Crippen LogP contribution in [0.1, 0.15) is 28.7 Å². The molecule has 0 amide bonds. The van der Waals surface area contributed by atoms with E-state index in [0.29, 0.717) is 17.1 Å². The van der Waals surface area contributed by atoms with Crippen molar-refractivity contribution in [3.05, 3.63) is 80.7 Å². The molecule has 29 heavy (non-hydrogen) atoms. The second-order valence-corrected chi connectivity index (χ2v) is 6.31. The van der Waals surface area contributed by atoms with Gasteiger partial charge in [-0.1, -0.05) is 12.1 Å². The third-order valence-corrected chi connectivity index (χ3v) is 4.53. The zero-order valence-corrected chi connectivity index (χ0v) is 15.2. The first kappa shape index (κ1) is 18.1. The quantitative estimate of drug-likeness (QED) is 0.495. The van der Waals surface area contributed by atoms with Crippen molar-refractivity contribution in [2.24, 2.45) is 5.73 Å². The van der Waals surface area contributed by atoms with Crippen molar-refractivity contribution in [2.45, 2.75) is 19.4 Å². The summed E-state index contributed by atoms with van der Waals surface area (Å²) in [5, 5.41) is 27.5. The number of nitro benzene ring substituents is 1. The Morgan fingerprint density at radius 3 is 2.93 bits per heavy atom. The van der Waals surface area contributed by atoms with Gasteiger partial charge in [0.1, 0.15) is 29.8 Å². The molecule has 0 bridgehead atoms. The van der Waals surface area contributed by atoms with Crippen LogP contribution in [0.15, 0.2) is 52.3 Å². The second kappa shape index (κ2) is 7.05. The van der Waals surface area contributed by atoms with Crippen molar-refractivity contribution in [3.8, 4) is 17.7 Å². The highest BCUT2D eigenvalue weighted by Gasteiger charge is 2.36. The maximum absolute atomic E-state index is 11.1. The van der Waals surface area contributed by atoms with Crippen molar-refractivity contribution in [1.29, 1.82) is 5.26 Å². The Labute approximate surface area is 164 Å². The van der Waals surface area contributed by atoms with E-state index in [9.17, 15) is 15.4 Å².